The maximum atomic E-state index is 14.3. The molecule has 0 N–H and O–H groups in total. The molecule has 6 rings (SSSR count). The second-order valence-corrected chi connectivity index (χ2v) is 11.7. The Morgan fingerprint density at radius 1 is 1.12 bits per heavy atom. The molecule has 5 aromatic rings. The molecule has 0 fully saturated rings. The number of aryl methyl sites for hydroxylation is 4. The summed E-state index contributed by atoms with van der Waals surface area (Å²) < 4.78 is 6.01. The molecule has 1 amide bonds. The zero-order chi connectivity index (χ0) is 28.5. The standard InChI is InChI=1S/C29H27BrClN7O2/c1-15-8-19(6-7-22(15)30)27(39)36-13-25-21(10-17(36)3)28(40)37(29(33-25)38-18(4)9-16(2)34-38)20-11-23(31)26-24(12-20)32-14-35(26)5/h6-9,11-12,14,17H,10,13H2,1-5H3/t17-/m1/s1. The monoisotopic (exact) mass is 619 g/mol. The van der Waals surface area contributed by atoms with Gasteiger partial charge in [0.1, 0.15) is 0 Å². The molecule has 0 saturated heterocycles. The summed E-state index contributed by atoms with van der Waals surface area (Å²) in [5.74, 6) is 0.238. The molecule has 4 heterocycles. The molecular formula is C29H27BrClN7O2. The predicted molar refractivity (Wildman–Crippen MR) is 158 cm³/mol. The van der Waals surface area contributed by atoms with Crippen molar-refractivity contribution in [3.63, 3.8) is 0 Å². The Hall–Kier alpha value is -3.76. The Labute approximate surface area is 244 Å². The van der Waals surface area contributed by atoms with E-state index in [1.807, 2.05) is 69.6 Å². The number of amides is 1. The number of carbonyl (C=O) groups is 1. The van der Waals surface area contributed by atoms with E-state index in [0.717, 1.165) is 26.9 Å². The van der Waals surface area contributed by atoms with Crippen LogP contribution in [-0.4, -0.2) is 45.7 Å². The first-order valence-electron chi connectivity index (χ1n) is 12.9. The van der Waals surface area contributed by atoms with E-state index in [9.17, 15) is 9.59 Å². The topological polar surface area (TPSA) is 90.8 Å². The maximum absolute atomic E-state index is 14.3. The molecule has 0 saturated carbocycles. The van der Waals surface area contributed by atoms with E-state index >= 15 is 0 Å². The van der Waals surface area contributed by atoms with Crippen molar-refractivity contribution in [3.8, 4) is 11.6 Å². The number of benzene rings is 2. The Morgan fingerprint density at radius 2 is 1.90 bits per heavy atom. The van der Waals surface area contributed by atoms with Crippen LogP contribution in [0.1, 0.15) is 45.5 Å². The van der Waals surface area contributed by atoms with E-state index in [2.05, 4.69) is 26.0 Å². The summed E-state index contributed by atoms with van der Waals surface area (Å²) in [6.07, 6.45) is 2.07. The lowest BCUT2D eigenvalue weighted by atomic mass is 9.98. The van der Waals surface area contributed by atoms with E-state index < -0.39 is 0 Å². The Bertz CT molecular complexity index is 1900. The van der Waals surface area contributed by atoms with Crippen molar-refractivity contribution >= 4 is 44.5 Å². The fourth-order valence-corrected chi connectivity index (χ4v) is 6.01. The van der Waals surface area contributed by atoms with E-state index in [1.165, 1.54) is 0 Å². The maximum Gasteiger partial charge on any atom is 0.263 e. The lowest BCUT2D eigenvalue weighted by Gasteiger charge is -2.34. The van der Waals surface area contributed by atoms with Crippen LogP contribution in [0.2, 0.25) is 5.02 Å². The summed E-state index contributed by atoms with van der Waals surface area (Å²) in [4.78, 5) is 39.1. The Balaban J connectivity index is 1.53. The highest BCUT2D eigenvalue weighted by Crippen LogP contribution is 2.29. The van der Waals surface area contributed by atoms with Crippen molar-refractivity contribution in [1.82, 2.24) is 33.8 Å². The van der Waals surface area contributed by atoms with Crippen LogP contribution in [-0.2, 0) is 20.0 Å². The lowest BCUT2D eigenvalue weighted by molar-refractivity contribution is 0.0652. The van der Waals surface area contributed by atoms with Crippen LogP contribution < -0.4 is 5.56 Å². The molecule has 3 aromatic heterocycles. The average molecular weight is 621 g/mol. The molecule has 1 atom stereocenters. The summed E-state index contributed by atoms with van der Waals surface area (Å²) in [5, 5.41) is 5.11. The number of carbonyl (C=O) groups excluding carboxylic acids is 1. The van der Waals surface area contributed by atoms with Gasteiger partial charge >= 0.3 is 0 Å². The van der Waals surface area contributed by atoms with E-state index in [4.69, 9.17) is 16.6 Å². The van der Waals surface area contributed by atoms with Crippen LogP contribution in [0, 0.1) is 20.8 Å². The third-order valence-electron chi connectivity index (χ3n) is 7.47. The quantitative estimate of drug-likeness (QED) is 0.276. The lowest BCUT2D eigenvalue weighted by Crippen LogP contribution is -2.46. The zero-order valence-corrected chi connectivity index (χ0v) is 25.1. The third kappa shape index (κ3) is 4.26. The summed E-state index contributed by atoms with van der Waals surface area (Å²) in [7, 11) is 1.87. The van der Waals surface area contributed by atoms with Crippen LogP contribution in [0.5, 0.6) is 0 Å². The Morgan fingerprint density at radius 3 is 2.60 bits per heavy atom. The smallest absolute Gasteiger partial charge is 0.263 e. The zero-order valence-electron chi connectivity index (χ0n) is 22.7. The van der Waals surface area contributed by atoms with Gasteiger partial charge in [-0.15, -0.1) is 0 Å². The molecule has 0 bridgehead atoms. The van der Waals surface area contributed by atoms with Crippen molar-refractivity contribution in [1.29, 1.82) is 0 Å². The van der Waals surface area contributed by atoms with Crippen molar-refractivity contribution in [2.75, 3.05) is 0 Å². The molecule has 1 aliphatic rings. The minimum atomic E-state index is -0.211. The van der Waals surface area contributed by atoms with Crippen molar-refractivity contribution in [2.45, 2.75) is 46.7 Å². The van der Waals surface area contributed by atoms with Crippen molar-refractivity contribution in [3.05, 3.63) is 96.3 Å². The molecular weight excluding hydrogens is 594 g/mol. The second kappa shape index (κ2) is 9.71. The number of imidazole rings is 1. The molecule has 9 nitrogen and oxygen atoms in total. The van der Waals surface area contributed by atoms with Gasteiger partial charge in [-0.2, -0.15) is 5.10 Å². The molecule has 0 radical (unpaired) electrons. The number of hydrogen-bond acceptors (Lipinski definition) is 5. The van der Waals surface area contributed by atoms with Crippen LogP contribution in [0.4, 0.5) is 0 Å². The SMILES string of the molecule is Cc1cc(C)n(-c2nc3c(c(=O)n2-c2cc(Cl)c4c(c2)ncn4C)C[C@@H](C)N(C(=O)c2ccc(Br)c(C)c2)C3)n1. The number of rotatable bonds is 3. The fraction of sp³-hybridized carbons (Fsp3) is 0.276. The third-order valence-corrected chi connectivity index (χ3v) is 8.65. The predicted octanol–water partition coefficient (Wildman–Crippen LogP) is 5.23. The van der Waals surface area contributed by atoms with Gasteiger partial charge in [-0.1, -0.05) is 27.5 Å². The van der Waals surface area contributed by atoms with Gasteiger partial charge in [-0.3, -0.25) is 9.59 Å². The van der Waals surface area contributed by atoms with Gasteiger partial charge in [0.2, 0.25) is 5.95 Å². The van der Waals surface area contributed by atoms with E-state index in [-0.39, 0.29) is 24.1 Å². The first-order chi connectivity index (χ1) is 19.0. The van der Waals surface area contributed by atoms with Crippen molar-refractivity contribution in [2.24, 2.45) is 7.05 Å². The highest BCUT2D eigenvalue weighted by Gasteiger charge is 2.32. The largest absolute Gasteiger partial charge is 0.333 e. The van der Waals surface area contributed by atoms with Gasteiger partial charge in [-0.05, 0) is 76.1 Å². The van der Waals surface area contributed by atoms with Gasteiger partial charge in [0, 0.05) is 34.4 Å². The molecule has 1 aliphatic heterocycles. The van der Waals surface area contributed by atoms with Gasteiger partial charge in [0.15, 0.2) is 0 Å². The molecule has 40 heavy (non-hydrogen) atoms. The van der Waals surface area contributed by atoms with E-state index in [0.29, 0.717) is 45.4 Å². The first-order valence-corrected chi connectivity index (χ1v) is 14.1. The minimum absolute atomic E-state index is 0.0974. The second-order valence-electron chi connectivity index (χ2n) is 10.4. The number of halogens is 2. The minimum Gasteiger partial charge on any atom is -0.333 e. The normalized spacial score (nSPS) is 15.1. The Kier molecular flexibility index (Phi) is 6.42. The first kappa shape index (κ1) is 26.5. The summed E-state index contributed by atoms with van der Waals surface area (Å²) >= 11 is 10.2. The number of hydrogen-bond donors (Lipinski definition) is 0. The number of nitrogens with zero attached hydrogens (tertiary/aromatic N) is 7. The summed E-state index contributed by atoms with van der Waals surface area (Å²) in [6.45, 7) is 7.94. The van der Waals surface area contributed by atoms with Crippen LogP contribution in [0.3, 0.4) is 0 Å². The number of aromatic nitrogens is 6. The van der Waals surface area contributed by atoms with Gasteiger partial charge in [-0.25, -0.2) is 19.2 Å². The van der Waals surface area contributed by atoms with Crippen molar-refractivity contribution < 1.29 is 4.79 Å². The molecule has 0 aliphatic carbocycles. The molecule has 204 valence electrons. The average Bonchev–Trinajstić information content (AvgIpc) is 3.45. The van der Waals surface area contributed by atoms with Crippen LogP contribution >= 0.6 is 27.5 Å². The van der Waals surface area contributed by atoms with E-state index in [1.54, 1.807) is 26.5 Å². The van der Waals surface area contributed by atoms with Crippen LogP contribution in [0.25, 0.3) is 22.7 Å². The van der Waals surface area contributed by atoms with Gasteiger partial charge in [0.25, 0.3) is 11.5 Å². The molecule has 0 unspecified atom stereocenters. The summed E-state index contributed by atoms with van der Waals surface area (Å²) in [5.41, 5.74) is 6.13. The molecule has 2 aromatic carbocycles. The van der Waals surface area contributed by atoms with Gasteiger partial charge < -0.3 is 9.47 Å². The highest BCUT2D eigenvalue weighted by molar-refractivity contribution is 9.10. The highest BCUT2D eigenvalue weighted by atomic mass is 79.9. The molecule has 11 heteroatoms. The number of fused-ring (bicyclic) bond motifs is 2. The molecule has 0 spiro atoms. The summed E-state index contributed by atoms with van der Waals surface area (Å²) in [6, 6.07) is 10.9. The van der Waals surface area contributed by atoms with Gasteiger partial charge in [0.05, 0.1) is 46.0 Å². The van der Waals surface area contributed by atoms with Crippen LogP contribution in [0.15, 0.2) is 52.0 Å². The fourth-order valence-electron chi connectivity index (χ4n) is 5.42.